The number of hydrogen-bond donors (Lipinski definition) is 0. The van der Waals surface area contributed by atoms with Crippen molar-refractivity contribution >= 4 is 41.7 Å². The Labute approximate surface area is 211 Å². The molecule has 3 aromatic rings. The van der Waals surface area contributed by atoms with E-state index >= 15 is 0 Å². The summed E-state index contributed by atoms with van der Waals surface area (Å²) in [6, 6.07) is 32.3. The molecule has 0 fully saturated rings. The van der Waals surface area contributed by atoms with Crippen LogP contribution in [0.1, 0.15) is 20.8 Å². The van der Waals surface area contributed by atoms with Crippen LogP contribution in [-0.4, -0.2) is 18.5 Å². The van der Waals surface area contributed by atoms with Gasteiger partial charge in [0.2, 0.25) is 0 Å². The van der Waals surface area contributed by atoms with Gasteiger partial charge >= 0.3 is 0 Å². The molecule has 0 aliphatic rings. The van der Waals surface area contributed by atoms with Crippen LogP contribution in [0, 0.1) is 0 Å². The normalized spacial score (nSPS) is 9.41. The van der Waals surface area contributed by atoms with Gasteiger partial charge in [-0.2, -0.15) is 9.90 Å². The summed E-state index contributed by atoms with van der Waals surface area (Å²) in [5.74, 6) is 0. The molecule has 0 heterocycles. The van der Waals surface area contributed by atoms with Crippen LogP contribution in [0.5, 0.6) is 0 Å². The maximum absolute atomic E-state index is 2.29. The van der Waals surface area contributed by atoms with Gasteiger partial charge < -0.3 is 0 Å². The summed E-state index contributed by atoms with van der Waals surface area (Å²) in [6.07, 6.45) is 4.26. The summed E-state index contributed by atoms with van der Waals surface area (Å²) in [7, 11) is -0.000000000000000111. The molecule has 1 unspecified atom stereocenters. The largest absolute Gasteiger partial charge is 0.153 e. The van der Waals surface area contributed by atoms with Gasteiger partial charge in [0.05, 0.1) is 0 Å². The third kappa shape index (κ3) is 10.9. The van der Waals surface area contributed by atoms with Crippen LogP contribution in [0.25, 0.3) is 0 Å². The molecule has 0 saturated heterocycles. The number of benzene rings is 3. The van der Waals surface area contributed by atoms with Crippen LogP contribution in [-0.2, 0) is 40.5 Å². The van der Waals surface area contributed by atoms with Crippen molar-refractivity contribution in [2.75, 3.05) is 18.5 Å². The maximum Gasteiger partial charge on any atom is 0 e. The van der Waals surface area contributed by atoms with Gasteiger partial charge in [0.1, 0.15) is 0 Å². The van der Waals surface area contributed by atoms with Gasteiger partial charge in [0.15, 0.2) is 0 Å². The Morgan fingerprint density at radius 3 is 0.931 bits per heavy atom. The van der Waals surface area contributed by atoms with Gasteiger partial charge in [-0.1, -0.05) is 112 Å². The van der Waals surface area contributed by atoms with Gasteiger partial charge in [-0.05, 0) is 42.3 Å². The summed E-state index contributed by atoms with van der Waals surface area (Å²) in [4.78, 5) is 0. The fourth-order valence-electron chi connectivity index (χ4n) is 2.85. The topological polar surface area (TPSA) is 0 Å². The zero-order valence-corrected chi connectivity index (χ0v) is 24.7. The average molecular weight is 713 g/mol. The second-order valence-corrected chi connectivity index (χ2v) is 11.4. The first-order valence-electron chi connectivity index (χ1n) is 9.47. The van der Waals surface area contributed by atoms with Crippen molar-refractivity contribution in [1.82, 2.24) is 0 Å². The molecule has 0 bridgehead atoms. The van der Waals surface area contributed by atoms with E-state index in [1.54, 1.807) is 0 Å². The van der Waals surface area contributed by atoms with Gasteiger partial charge in [0.25, 0.3) is 0 Å². The smallest absolute Gasteiger partial charge is 0 e. The molecule has 5 heteroatoms. The van der Waals surface area contributed by atoms with Crippen LogP contribution >= 0.6 is 25.7 Å². The van der Waals surface area contributed by atoms with Crippen LogP contribution in [0.2, 0.25) is 0 Å². The van der Waals surface area contributed by atoms with Crippen molar-refractivity contribution in [3.63, 3.8) is 0 Å². The predicted octanol–water partition coefficient (Wildman–Crippen LogP) is 6.03. The van der Waals surface area contributed by atoms with E-state index in [9.17, 15) is 0 Å². The summed E-state index contributed by atoms with van der Waals surface area (Å²) in [5.41, 5.74) is 0. The number of rotatable bonds is 6. The van der Waals surface area contributed by atoms with Crippen molar-refractivity contribution in [2.45, 2.75) is 20.8 Å². The minimum atomic E-state index is -0.446. The Kier molecular flexibility index (Phi) is 20.6. The fourth-order valence-corrected chi connectivity index (χ4v) is 6.50. The molecule has 0 aliphatic carbocycles. The summed E-state index contributed by atoms with van der Waals surface area (Å²) in [6.45, 7) is 6.87. The second-order valence-electron chi connectivity index (χ2n) is 5.96. The monoisotopic (exact) mass is 713 g/mol. The van der Waals surface area contributed by atoms with E-state index in [0.29, 0.717) is 7.92 Å². The van der Waals surface area contributed by atoms with E-state index in [2.05, 4.69) is 112 Å². The minimum absolute atomic E-state index is 0. The number of hydrogen-bond acceptors (Lipinski definition) is 0. The van der Waals surface area contributed by atoms with E-state index < -0.39 is 7.92 Å². The molecular weight excluding hydrogens is 680 g/mol. The van der Waals surface area contributed by atoms with E-state index in [1.807, 2.05) is 0 Å². The SMILES string of the molecule is CCP(CC)CC.P.[Ir].[Pd].c1ccc(P(c2ccccc2)c2ccccc2)cc1. The molecule has 1 atom stereocenters. The zero-order chi connectivity index (χ0) is 18.6. The first kappa shape index (κ1) is 31.4. The van der Waals surface area contributed by atoms with Crippen molar-refractivity contribution in [3.05, 3.63) is 91.0 Å². The quantitative estimate of drug-likeness (QED) is 0.217. The molecule has 0 spiro atoms. The molecule has 29 heavy (non-hydrogen) atoms. The van der Waals surface area contributed by atoms with Crippen LogP contribution in [0.4, 0.5) is 0 Å². The molecule has 0 aromatic heterocycles. The zero-order valence-electron chi connectivity index (χ0n) is 17.5. The Bertz CT molecular complexity index is 623. The standard InChI is InChI=1S/C18H15P.C6H15P.Ir.H3P.Pd/c1-4-10-16(11-5-1)19(17-12-6-2-7-13-17)18-14-8-3-9-15-18;1-4-7(5-2)6-3;;;/h1-15H;4-6H2,1-3H3;;1H3;. The summed E-state index contributed by atoms with van der Waals surface area (Å²) in [5, 5.41) is 4.19. The van der Waals surface area contributed by atoms with Crippen LogP contribution in [0.3, 0.4) is 0 Å². The molecule has 0 nitrogen and oxygen atoms in total. The minimum Gasteiger partial charge on any atom is -0.153 e. The summed E-state index contributed by atoms with van der Waals surface area (Å²) >= 11 is 0. The molecule has 0 aliphatic heterocycles. The van der Waals surface area contributed by atoms with Gasteiger partial charge in [0, 0.05) is 40.5 Å². The van der Waals surface area contributed by atoms with E-state index in [4.69, 9.17) is 0 Å². The molecule has 3 rings (SSSR count). The molecule has 1 radical (unpaired) electrons. The van der Waals surface area contributed by atoms with E-state index in [0.717, 1.165) is 0 Å². The van der Waals surface area contributed by atoms with Gasteiger partial charge in [-0.25, -0.2) is 0 Å². The van der Waals surface area contributed by atoms with Crippen molar-refractivity contribution in [3.8, 4) is 0 Å². The Morgan fingerprint density at radius 2 is 0.759 bits per heavy atom. The molecule has 3 aromatic carbocycles. The predicted molar refractivity (Wildman–Crippen MR) is 135 cm³/mol. The van der Waals surface area contributed by atoms with Crippen molar-refractivity contribution < 1.29 is 40.5 Å². The third-order valence-corrected chi connectivity index (χ3v) is 9.51. The first-order chi connectivity index (χ1) is 12.8. The molecular formula is C24H33IrP3Pd. The molecule has 0 amide bonds. The third-order valence-electron chi connectivity index (χ3n) is 4.38. The van der Waals surface area contributed by atoms with Gasteiger partial charge in [-0.3, -0.25) is 0 Å². The summed E-state index contributed by atoms with van der Waals surface area (Å²) < 4.78 is 0. The van der Waals surface area contributed by atoms with Crippen molar-refractivity contribution in [1.29, 1.82) is 0 Å². The van der Waals surface area contributed by atoms with Crippen LogP contribution in [0.15, 0.2) is 91.0 Å². The maximum atomic E-state index is 2.29. The Morgan fingerprint density at radius 1 is 0.517 bits per heavy atom. The van der Waals surface area contributed by atoms with Crippen molar-refractivity contribution in [2.24, 2.45) is 0 Å². The molecule has 163 valence electrons. The van der Waals surface area contributed by atoms with E-state index in [-0.39, 0.29) is 50.4 Å². The molecule has 0 N–H and O–H groups in total. The first-order valence-corrected chi connectivity index (χ1v) is 12.7. The van der Waals surface area contributed by atoms with Crippen LogP contribution < -0.4 is 15.9 Å². The fraction of sp³-hybridized carbons (Fsp3) is 0.250. The van der Waals surface area contributed by atoms with E-state index in [1.165, 1.54) is 34.4 Å². The Hall–Kier alpha value is 0.262. The molecule has 0 saturated carbocycles. The van der Waals surface area contributed by atoms with Gasteiger partial charge in [-0.15, -0.1) is 7.92 Å². The average Bonchev–Trinajstić information content (AvgIpc) is 2.72. The Balaban J connectivity index is 0. The second kappa shape index (κ2) is 19.0.